The van der Waals surface area contributed by atoms with Crippen molar-refractivity contribution in [1.82, 2.24) is 9.29 Å². The molecule has 0 bridgehead atoms. The van der Waals surface area contributed by atoms with Crippen molar-refractivity contribution in [1.29, 1.82) is 0 Å². The summed E-state index contributed by atoms with van der Waals surface area (Å²) in [5, 5.41) is 2.54. The number of nitrogens with one attached hydrogen (secondary N) is 3. The summed E-state index contributed by atoms with van der Waals surface area (Å²) in [5.74, 6) is -3.77. The molecule has 0 radical (unpaired) electrons. The Bertz CT molecular complexity index is 1430. The maximum atomic E-state index is 13.6. The molecule has 3 aliphatic rings. The van der Waals surface area contributed by atoms with Crippen molar-refractivity contribution in [3.8, 4) is 0 Å². The normalized spacial score (nSPS) is 24.5. The van der Waals surface area contributed by atoms with Gasteiger partial charge in [0, 0.05) is 50.6 Å². The van der Waals surface area contributed by atoms with Crippen molar-refractivity contribution >= 4 is 33.2 Å². The van der Waals surface area contributed by atoms with Crippen LogP contribution in [0.15, 0.2) is 41.3 Å². The van der Waals surface area contributed by atoms with Gasteiger partial charge in [0.2, 0.25) is 6.43 Å². The highest BCUT2D eigenvalue weighted by molar-refractivity contribution is 7.90. The van der Waals surface area contributed by atoms with Crippen LogP contribution in [-0.2, 0) is 10.2 Å². The molecule has 9 nitrogen and oxygen atoms in total. The average molecular weight is 558 g/mol. The first kappa shape index (κ1) is 26.5. The number of piperidine rings is 1. The highest BCUT2D eigenvalue weighted by Crippen LogP contribution is 2.61. The third-order valence-corrected chi connectivity index (χ3v) is 8.83. The molecule has 0 unspecified atom stereocenters. The van der Waals surface area contributed by atoms with Crippen molar-refractivity contribution in [2.45, 2.75) is 44.1 Å². The number of carbonyl (C=O) groups excluding carboxylic acids is 1. The first-order valence-corrected chi connectivity index (χ1v) is 13.6. The number of benzene rings is 1. The van der Waals surface area contributed by atoms with Crippen molar-refractivity contribution in [2.75, 3.05) is 35.1 Å². The van der Waals surface area contributed by atoms with E-state index in [2.05, 4.69) is 14.8 Å². The SMILES string of the molecule is CNS(=O)(=O)Nc1ccc(C(=O)Nc2cccn(C3CC(F)(F)C3)c2=O)c(N2CC[C@@]3(C(F)F)C[C@H]3C2)c1. The van der Waals surface area contributed by atoms with E-state index in [0.717, 1.165) is 0 Å². The zero-order valence-electron chi connectivity index (χ0n) is 20.4. The lowest BCUT2D eigenvalue weighted by Crippen LogP contribution is -2.41. The molecule has 3 fully saturated rings. The topological polar surface area (TPSA) is 113 Å². The molecule has 1 amide bonds. The van der Waals surface area contributed by atoms with Crippen molar-refractivity contribution in [2.24, 2.45) is 11.3 Å². The highest BCUT2D eigenvalue weighted by atomic mass is 32.2. The molecule has 2 aliphatic carbocycles. The first-order chi connectivity index (χ1) is 17.8. The summed E-state index contributed by atoms with van der Waals surface area (Å²) in [6.07, 6.45) is -1.38. The number of amides is 1. The molecule has 38 heavy (non-hydrogen) atoms. The number of alkyl halides is 4. The van der Waals surface area contributed by atoms with Gasteiger partial charge in [-0.05, 0) is 49.1 Å². The molecule has 5 rings (SSSR count). The van der Waals surface area contributed by atoms with Gasteiger partial charge in [0.1, 0.15) is 5.69 Å². The Labute approximate surface area is 216 Å². The van der Waals surface area contributed by atoms with Gasteiger partial charge in [-0.2, -0.15) is 8.42 Å². The lowest BCUT2D eigenvalue weighted by molar-refractivity contribution is -0.104. The van der Waals surface area contributed by atoms with Crippen LogP contribution >= 0.6 is 0 Å². The van der Waals surface area contributed by atoms with Crippen molar-refractivity contribution < 1.29 is 30.8 Å². The fourth-order valence-corrected chi connectivity index (χ4v) is 5.95. The van der Waals surface area contributed by atoms with Gasteiger partial charge >= 0.3 is 0 Å². The van der Waals surface area contributed by atoms with E-state index in [1.165, 1.54) is 48.1 Å². The van der Waals surface area contributed by atoms with Gasteiger partial charge < -0.3 is 14.8 Å². The third kappa shape index (κ3) is 4.86. The lowest BCUT2D eigenvalue weighted by atomic mass is 9.88. The van der Waals surface area contributed by atoms with Crippen LogP contribution in [0, 0.1) is 11.3 Å². The Morgan fingerprint density at radius 2 is 1.89 bits per heavy atom. The predicted molar refractivity (Wildman–Crippen MR) is 133 cm³/mol. The predicted octanol–water partition coefficient (Wildman–Crippen LogP) is 3.43. The van der Waals surface area contributed by atoms with Gasteiger partial charge in [0.25, 0.3) is 27.6 Å². The maximum Gasteiger partial charge on any atom is 0.298 e. The molecular formula is C24H27F4N5O4S. The van der Waals surface area contributed by atoms with Gasteiger partial charge in [-0.3, -0.25) is 14.3 Å². The number of halogens is 4. The molecule has 2 heterocycles. The summed E-state index contributed by atoms with van der Waals surface area (Å²) in [7, 11) is -2.64. The molecule has 0 spiro atoms. The summed E-state index contributed by atoms with van der Waals surface area (Å²) < 4.78 is 83.5. The van der Waals surface area contributed by atoms with Gasteiger partial charge in [0.05, 0.1) is 16.9 Å². The summed E-state index contributed by atoms with van der Waals surface area (Å²) >= 11 is 0. The molecule has 2 atom stereocenters. The van der Waals surface area contributed by atoms with E-state index in [-0.39, 0.29) is 42.4 Å². The number of carbonyl (C=O) groups is 1. The largest absolute Gasteiger partial charge is 0.370 e. The van der Waals surface area contributed by atoms with Crippen molar-refractivity contribution in [3.05, 3.63) is 52.4 Å². The molecule has 2 aromatic rings. The minimum Gasteiger partial charge on any atom is -0.370 e. The van der Waals surface area contributed by atoms with E-state index in [1.54, 1.807) is 4.90 Å². The smallest absolute Gasteiger partial charge is 0.298 e. The Morgan fingerprint density at radius 3 is 2.53 bits per heavy atom. The van der Waals surface area contributed by atoms with E-state index in [9.17, 15) is 35.6 Å². The summed E-state index contributed by atoms with van der Waals surface area (Å²) in [5.41, 5.74) is -1.16. The van der Waals surface area contributed by atoms with Crippen LogP contribution < -0.4 is 25.2 Å². The van der Waals surface area contributed by atoms with E-state index in [0.29, 0.717) is 12.1 Å². The lowest BCUT2D eigenvalue weighted by Gasteiger charge is -2.36. The van der Waals surface area contributed by atoms with Crippen LogP contribution in [0.2, 0.25) is 0 Å². The van der Waals surface area contributed by atoms with Crippen molar-refractivity contribution in [3.63, 3.8) is 0 Å². The molecule has 14 heteroatoms. The molecular weight excluding hydrogens is 530 g/mol. The minimum atomic E-state index is -3.86. The zero-order chi connectivity index (χ0) is 27.5. The molecule has 1 aromatic carbocycles. The highest BCUT2D eigenvalue weighted by Gasteiger charge is 2.62. The molecule has 1 aromatic heterocycles. The number of nitrogens with zero attached hydrogens (tertiary/aromatic N) is 2. The zero-order valence-corrected chi connectivity index (χ0v) is 21.2. The number of pyridine rings is 1. The molecule has 2 saturated carbocycles. The minimum absolute atomic E-state index is 0.101. The second-order valence-electron chi connectivity index (χ2n) is 10.2. The Hall–Kier alpha value is -3.13. The Morgan fingerprint density at radius 1 is 1.16 bits per heavy atom. The van der Waals surface area contributed by atoms with Gasteiger partial charge in [-0.1, -0.05) is 0 Å². The standard InChI is InChI=1S/C24H27F4N5O4S/c1-29-38(36,37)31-15-4-5-17(19(9-15)32-8-6-23(22(25)26)10-14(23)13-32)20(34)30-18-3-2-7-33(21(18)35)16-11-24(27,28)12-16/h2-5,7,9,14,16,22,29,31H,6,8,10-13H2,1H3,(H,30,34)/t14-,23+/m0/s1. The fourth-order valence-electron chi connectivity index (χ4n) is 5.41. The monoisotopic (exact) mass is 557 g/mol. The maximum absolute atomic E-state index is 13.6. The second-order valence-corrected chi connectivity index (χ2v) is 11.8. The Kier molecular flexibility index (Phi) is 6.45. The van der Waals surface area contributed by atoms with E-state index < -0.39 is 58.3 Å². The molecule has 3 N–H and O–H groups in total. The number of hydrogen-bond donors (Lipinski definition) is 3. The molecule has 1 aliphatic heterocycles. The number of rotatable bonds is 8. The number of aromatic nitrogens is 1. The number of fused-ring (bicyclic) bond motifs is 1. The second kappa shape index (κ2) is 9.26. The molecule has 206 valence electrons. The van der Waals surface area contributed by atoms with Crippen LogP contribution in [-0.4, -0.2) is 51.4 Å². The average Bonchev–Trinajstić information content (AvgIpc) is 3.59. The van der Waals surface area contributed by atoms with E-state index >= 15 is 0 Å². The first-order valence-electron chi connectivity index (χ1n) is 12.1. The van der Waals surface area contributed by atoms with Gasteiger partial charge in [0.15, 0.2) is 0 Å². The summed E-state index contributed by atoms with van der Waals surface area (Å²) in [6.45, 7) is 0.498. The van der Waals surface area contributed by atoms with Crippen LogP contribution in [0.5, 0.6) is 0 Å². The van der Waals surface area contributed by atoms with Gasteiger partial charge in [-0.25, -0.2) is 22.3 Å². The number of hydrogen-bond acceptors (Lipinski definition) is 5. The fraction of sp³-hybridized carbons (Fsp3) is 0.500. The third-order valence-electron chi connectivity index (χ3n) is 7.79. The van der Waals surface area contributed by atoms with Crippen LogP contribution in [0.25, 0.3) is 0 Å². The summed E-state index contributed by atoms with van der Waals surface area (Å²) in [6, 6.07) is 6.37. The van der Waals surface area contributed by atoms with Crippen LogP contribution in [0.3, 0.4) is 0 Å². The Balaban J connectivity index is 1.43. The quantitative estimate of drug-likeness (QED) is 0.431. The van der Waals surface area contributed by atoms with Crippen LogP contribution in [0.4, 0.5) is 34.6 Å². The van der Waals surface area contributed by atoms with Crippen LogP contribution in [0.1, 0.15) is 42.1 Å². The number of anilines is 3. The van der Waals surface area contributed by atoms with Gasteiger partial charge in [-0.15, -0.1) is 0 Å². The van der Waals surface area contributed by atoms with E-state index in [4.69, 9.17) is 0 Å². The summed E-state index contributed by atoms with van der Waals surface area (Å²) in [4.78, 5) is 28.0. The molecule has 1 saturated heterocycles. The van der Waals surface area contributed by atoms with E-state index in [1.807, 2.05) is 0 Å².